The SMILES string of the molecule is O=S1(=O)CCC(CNC(=NCc2ccco2)NC2CCCC2)C1. The van der Waals surface area contributed by atoms with Crippen LogP contribution in [-0.2, 0) is 16.4 Å². The molecule has 1 aromatic heterocycles. The number of nitrogens with zero attached hydrogens (tertiary/aromatic N) is 1. The molecule has 0 aromatic carbocycles. The number of guanidine groups is 1. The zero-order valence-corrected chi connectivity index (χ0v) is 14.1. The summed E-state index contributed by atoms with van der Waals surface area (Å²) in [6.45, 7) is 1.13. The minimum absolute atomic E-state index is 0.180. The van der Waals surface area contributed by atoms with E-state index in [1.165, 1.54) is 25.7 Å². The lowest BCUT2D eigenvalue weighted by Crippen LogP contribution is -2.44. The van der Waals surface area contributed by atoms with Crippen molar-refractivity contribution in [2.45, 2.75) is 44.7 Å². The molecule has 1 unspecified atom stereocenters. The summed E-state index contributed by atoms with van der Waals surface area (Å²) in [4.78, 5) is 4.58. The van der Waals surface area contributed by atoms with Gasteiger partial charge in [-0.25, -0.2) is 13.4 Å². The Balaban J connectivity index is 1.56. The molecular weight excluding hydrogens is 314 g/mol. The fourth-order valence-corrected chi connectivity index (χ4v) is 5.11. The van der Waals surface area contributed by atoms with Crippen molar-refractivity contribution < 1.29 is 12.8 Å². The molecule has 1 aliphatic carbocycles. The van der Waals surface area contributed by atoms with Gasteiger partial charge in [-0.2, -0.15) is 0 Å². The van der Waals surface area contributed by atoms with Crippen LogP contribution in [0.15, 0.2) is 27.8 Å². The zero-order chi connectivity index (χ0) is 16.1. The van der Waals surface area contributed by atoms with Crippen LogP contribution < -0.4 is 10.6 Å². The summed E-state index contributed by atoms with van der Waals surface area (Å²) in [6.07, 6.45) is 7.22. The van der Waals surface area contributed by atoms with E-state index < -0.39 is 9.84 Å². The maximum atomic E-state index is 11.6. The van der Waals surface area contributed by atoms with Crippen LogP contribution in [0.3, 0.4) is 0 Å². The van der Waals surface area contributed by atoms with Crippen LogP contribution in [0.4, 0.5) is 0 Å². The van der Waals surface area contributed by atoms with Crippen LogP contribution in [-0.4, -0.2) is 38.5 Å². The lowest BCUT2D eigenvalue weighted by Gasteiger charge is -2.19. The predicted molar refractivity (Wildman–Crippen MR) is 90.0 cm³/mol. The van der Waals surface area contributed by atoms with Gasteiger partial charge in [-0.05, 0) is 37.3 Å². The molecule has 0 amide bonds. The molecule has 1 atom stereocenters. The number of hydrogen-bond acceptors (Lipinski definition) is 4. The average molecular weight is 339 g/mol. The standard InChI is InChI=1S/C16H25N3O3S/c20-23(21)9-7-13(12-23)10-17-16(19-14-4-1-2-5-14)18-11-15-6-3-8-22-15/h3,6,8,13-14H,1-2,4-5,7,9-12H2,(H2,17,18,19). The lowest BCUT2D eigenvalue weighted by molar-refractivity contribution is 0.509. The minimum Gasteiger partial charge on any atom is -0.467 e. The van der Waals surface area contributed by atoms with E-state index in [4.69, 9.17) is 4.42 Å². The third kappa shape index (κ3) is 4.99. The quantitative estimate of drug-likeness (QED) is 0.630. The van der Waals surface area contributed by atoms with Crippen LogP contribution >= 0.6 is 0 Å². The highest BCUT2D eigenvalue weighted by Gasteiger charge is 2.28. The van der Waals surface area contributed by atoms with Crippen LogP contribution in [0.25, 0.3) is 0 Å². The van der Waals surface area contributed by atoms with Gasteiger partial charge in [-0.1, -0.05) is 12.8 Å². The van der Waals surface area contributed by atoms with Crippen molar-refractivity contribution in [3.05, 3.63) is 24.2 Å². The molecule has 2 fully saturated rings. The van der Waals surface area contributed by atoms with Gasteiger partial charge in [0.25, 0.3) is 0 Å². The summed E-state index contributed by atoms with van der Waals surface area (Å²) in [7, 11) is -2.83. The van der Waals surface area contributed by atoms with Crippen molar-refractivity contribution in [1.29, 1.82) is 0 Å². The van der Waals surface area contributed by atoms with E-state index in [1.54, 1.807) is 6.26 Å². The molecule has 7 heteroatoms. The first-order valence-corrected chi connectivity index (χ1v) is 10.2. The Morgan fingerprint density at radius 3 is 2.78 bits per heavy atom. The molecule has 1 saturated carbocycles. The molecule has 23 heavy (non-hydrogen) atoms. The van der Waals surface area contributed by atoms with Crippen LogP contribution in [0.5, 0.6) is 0 Å². The third-order valence-corrected chi connectivity index (χ3v) is 6.39. The Morgan fingerprint density at radius 1 is 1.30 bits per heavy atom. The van der Waals surface area contributed by atoms with E-state index in [0.29, 0.717) is 24.9 Å². The topological polar surface area (TPSA) is 83.7 Å². The number of sulfone groups is 1. The molecule has 0 bridgehead atoms. The predicted octanol–water partition coefficient (Wildman–Crippen LogP) is 1.69. The van der Waals surface area contributed by atoms with Gasteiger partial charge >= 0.3 is 0 Å². The minimum atomic E-state index is -2.83. The summed E-state index contributed by atoms with van der Waals surface area (Å²) in [5, 5.41) is 6.79. The summed E-state index contributed by atoms with van der Waals surface area (Å²) in [6, 6.07) is 4.22. The lowest BCUT2D eigenvalue weighted by atomic mass is 10.1. The Kier molecular flexibility index (Phi) is 5.25. The molecule has 1 saturated heterocycles. The van der Waals surface area contributed by atoms with Crippen molar-refractivity contribution >= 4 is 15.8 Å². The maximum Gasteiger partial charge on any atom is 0.191 e. The summed E-state index contributed by atoms with van der Waals surface area (Å²) >= 11 is 0. The molecule has 128 valence electrons. The van der Waals surface area contributed by atoms with E-state index in [1.807, 2.05) is 12.1 Å². The van der Waals surface area contributed by atoms with Crippen molar-refractivity contribution in [2.24, 2.45) is 10.9 Å². The Hall–Kier alpha value is -1.50. The number of rotatable bonds is 5. The number of hydrogen-bond donors (Lipinski definition) is 2. The van der Waals surface area contributed by atoms with Gasteiger partial charge in [0.1, 0.15) is 12.3 Å². The van der Waals surface area contributed by atoms with Gasteiger partial charge in [-0.15, -0.1) is 0 Å². The molecule has 2 heterocycles. The van der Waals surface area contributed by atoms with E-state index >= 15 is 0 Å². The molecule has 1 aromatic rings. The van der Waals surface area contributed by atoms with Gasteiger partial charge < -0.3 is 15.1 Å². The van der Waals surface area contributed by atoms with Crippen LogP contribution in [0, 0.1) is 5.92 Å². The second-order valence-electron chi connectivity index (χ2n) is 6.52. The number of furan rings is 1. The highest BCUT2D eigenvalue weighted by molar-refractivity contribution is 7.91. The first-order chi connectivity index (χ1) is 11.1. The summed E-state index contributed by atoms with van der Waals surface area (Å²) < 4.78 is 28.4. The van der Waals surface area contributed by atoms with Crippen molar-refractivity contribution in [3.8, 4) is 0 Å². The van der Waals surface area contributed by atoms with E-state index in [9.17, 15) is 8.42 Å². The largest absolute Gasteiger partial charge is 0.467 e. The Morgan fingerprint density at radius 2 is 2.13 bits per heavy atom. The molecule has 6 nitrogen and oxygen atoms in total. The van der Waals surface area contributed by atoms with E-state index in [0.717, 1.165) is 18.1 Å². The normalized spacial score (nSPS) is 24.9. The van der Waals surface area contributed by atoms with E-state index in [2.05, 4.69) is 15.6 Å². The van der Waals surface area contributed by atoms with Gasteiger partial charge in [-0.3, -0.25) is 0 Å². The highest BCUT2D eigenvalue weighted by Crippen LogP contribution is 2.19. The summed E-state index contributed by atoms with van der Waals surface area (Å²) in [5.74, 6) is 2.36. The molecular formula is C16H25N3O3S. The molecule has 3 rings (SSSR count). The highest BCUT2D eigenvalue weighted by atomic mass is 32.2. The molecule has 1 aliphatic heterocycles. The Labute approximate surface area is 137 Å². The van der Waals surface area contributed by atoms with Crippen molar-refractivity contribution in [1.82, 2.24) is 10.6 Å². The Bertz CT molecular complexity index is 619. The molecule has 0 spiro atoms. The fraction of sp³-hybridized carbons (Fsp3) is 0.688. The van der Waals surface area contributed by atoms with Gasteiger partial charge in [0.05, 0.1) is 17.8 Å². The van der Waals surface area contributed by atoms with Crippen molar-refractivity contribution in [3.63, 3.8) is 0 Å². The van der Waals surface area contributed by atoms with Crippen molar-refractivity contribution in [2.75, 3.05) is 18.1 Å². The van der Waals surface area contributed by atoms with Crippen LogP contribution in [0.2, 0.25) is 0 Å². The van der Waals surface area contributed by atoms with E-state index in [-0.39, 0.29) is 11.7 Å². The monoisotopic (exact) mass is 339 g/mol. The third-order valence-electron chi connectivity index (χ3n) is 4.55. The maximum absolute atomic E-state index is 11.6. The first kappa shape index (κ1) is 16.4. The second-order valence-corrected chi connectivity index (χ2v) is 8.75. The zero-order valence-electron chi connectivity index (χ0n) is 13.3. The molecule has 2 N–H and O–H groups in total. The second kappa shape index (κ2) is 7.38. The van der Waals surface area contributed by atoms with Gasteiger partial charge in [0.15, 0.2) is 15.8 Å². The van der Waals surface area contributed by atoms with Crippen LogP contribution in [0.1, 0.15) is 37.9 Å². The number of nitrogens with one attached hydrogen (secondary N) is 2. The molecule has 0 radical (unpaired) electrons. The van der Waals surface area contributed by atoms with Gasteiger partial charge in [0, 0.05) is 12.6 Å². The first-order valence-electron chi connectivity index (χ1n) is 8.38. The molecule has 2 aliphatic rings. The number of aliphatic imine (C=N–C) groups is 1. The average Bonchev–Trinajstić information content (AvgIpc) is 3.24. The van der Waals surface area contributed by atoms with Gasteiger partial charge in [0.2, 0.25) is 0 Å². The smallest absolute Gasteiger partial charge is 0.191 e. The summed E-state index contributed by atoms with van der Waals surface area (Å²) in [5.41, 5.74) is 0. The fourth-order valence-electron chi connectivity index (χ4n) is 3.25.